The number of nitrogens with zero attached hydrogens (tertiary/aromatic N) is 4. The molecule has 2 aromatic rings. The Labute approximate surface area is 127 Å². The van der Waals surface area contributed by atoms with Crippen molar-refractivity contribution in [3.05, 3.63) is 24.4 Å². The van der Waals surface area contributed by atoms with E-state index in [1.54, 1.807) is 19.4 Å². The van der Waals surface area contributed by atoms with E-state index < -0.39 is 11.7 Å². The summed E-state index contributed by atoms with van der Waals surface area (Å²) in [6, 6.07) is 0. The smallest absolute Gasteiger partial charge is 0.415 e. The summed E-state index contributed by atoms with van der Waals surface area (Å²) in [4.78, 5) is 26.0. The zero-order valence-electron chi connectivity index (χ0n) is 12.7. The summed E-state index contributed by atoms with van der Waals surface area (Å²) in [7, 11) is 1.68. The van der Waals surface area contributed by atoms with Gasteiger partial charge in [-0.2, -0.15) is 0 Å². The lowest BCUT2D eigenvalue weighted by molar-refractivity contribution is 0.0590. The number of aromatic nitrogens is 3. The van der Waals surface area contributed by atoms with Crippen molar-refractivity contribution in [3.8, 4) is 10.6 Å². The fraction of sp³-hybridized carbons (Fsp3) is 0.429. The van der Waals surface area contributed by atoms with Gasteiger partial charge in [0.1, 0.15) is 21.9 Å². The zero-order chi connectivity index (χ0) is 15.6. The van der Waals surface area contributed by atoms with Crippen LogP contribution in [-0.4, -0.2) is 33.7 Å². The quantitative estimate of drug-likeness (QED) is 0.851. The fourth-order valence-corrected chi connectivity index (χ4v) is 2.64. The number of anilines is 1. The maximum Gasteiger partial charge on any atom is 0.415 e. The van der Waals surface area contributed by atoms with Gasteiger partial charge in [-0.3, -0.25) is 4.90 Å². The minimum atomic E-state index is -0.528. The van der Waals surface area contributed by atoms with Crippen LogP contribution in [0.5, 0.6) is 0 Å². The number of carbonyl (C=O) groups excluding carboxylic acids is 1. The molecule has 2 heterocycles. The molecular weight excluding hydrogens is 288 g/mol. The Bertz CT molecular complexity index is 634. The Kier molecular flexibility index (Phi) is 4.22. The van der Waals surface area contributed by atoms with E-state index in [9.17, 15) is 4.79 Å². The van der Waals surface area contributed by atoms with Gasteiger partial charge in [-0.05, 0) is 27.7 Å². The van der Waals surface area contributed by atoms with E-state index in [2.05, 4.69) is 15.0 Å². The summed E-state index contributed by atoms with van der Waals surface area (Å²) in [6.45, 7) is 7.38. The summed E-state index contributed by atoms with van der Waals surface area (Å²) >= 11 is 1.41. The molecule has 0 N–H and O–H groups in total. The lowest BCUT2D eigenvalue weighted by atomic mass is 10.2. The molecule has 1 amide bonds. The number of thiazole rings is 1. The van der Waals surface area contributed by atoms with Gasteiger partial charge in [0.05, 0.1) is 5.69 Å². The van der Waals surface area contributed by atoms with Crippen molar-refractivity contribution in [3.63, 3.8) is 0 Å². The van der Waals surface area contributed by atoms with Gasteiger partial charge in [0.25, 0.3) is 0 Å². The number of amides is 1. The second kappa shape index (κ2) is 5.77. The summed E-state index contributed by atoms with van der Waals surface area (Å²) in [5, 5.41) is 1.53. The maximum absolute atomic E-state index is 12.1. The monoisotopic (exact) mass is 306 g/mol. The molecule has 0 aliphatic carbocycles. The SMILES string of the molecule is Cc1nc(-c2cncnc2)sc1N(C)C(=O)OC(C)(C)C. The molecule has 0 saturated carbocycles. The third kappa shape index (κ3) is 3.75. The molecule has 0 spiro atoms. The van der Waals surface area contributed by atoms with Crippen molar-refractivity contribution >= 4 is 22.4 Å². The van der Waals surface area contributed by atoms with E-state index in [-0.39, 0.29) is 0 Å². The minimum absolute atomic E-state index is 0.398. The topological polar surface area (TPSA) is 68.2 Å². The van der Waals surface area contributed by atoms with Crippen LogP contribution in [0.1, 0.15) is 26.5 Å². The number of ether oxygens (including phenoxy) is 1. The molecular formula is C14H18N4O2S. The number of carbonyl (C=O) groups is 1. The van der Waals surface area contributed by atoms with Crippen molar-refractivity contribution in [2.24, 2.45) is 0 Å². The second-order valence-corrected chi connectivity index (χ2v) is 6.55. The van der Waals surface area contributed by atoms with Crippen molar-refractivity contribution < 1.29 is 9.53 Å². The Hall–Kier alpha value is -2.02. The number of aryl methyl sites for hydroxylation is 1. The van der Waals surface area contributed by atoms with E-state index in [1.807, 2.05) is 27.7 Å². The first-order valence-electron chi connectivity index (χ1n) is 6.47. The van der Waals surface area contributed by atoms with Crippen molar-refractivity contribution in [2.75, 3.05) is 11.9 Å². The Morgan fingerprint density at radius 2 is 1.90 bits per heavy atom. The molecule has 112 valence electrons. The lowest BCUT2D eigenvalue weighted by Crippen LogP contribution is -2.34. The summed E-state index contributed by atoms with van der Waals surface area (Å²) in [6.07, 6.45) is 4.47. The van der Waals surface area contributed by atoms with E-state index in [1.165, 1.54) is 22.6 Å². The number of rotatable bonds is 2. The highest BCUT2D eigenvalue weighted by atomic mass is 32.1. The van der Waals surface area contributed by atoms with Crippen LogP contribution in [0.15, 0.2) is 18.7 Å². The predicted octanol–water partition coefficient (Wildman–Crippen LogP) is 3.28. The highest BCUT2D eigenvalue weighted by Crippen LogP contribution is 2.33. The Balaban J connectivity index is 2.25. The van der Waals surface area contributed by atoms with Gasteiger partial charge < -0.3 is 4.74 Å². The molecule has 21 heavy (non-hydrogen) atoms. The van der Waals surface area contributed by atoms with Crippen LogP contribution in [0.2, 0.25) is 0 Å². The van der Waals surface area contributed by atoms with Gasteiger partial charge in [-0.1, -0.05) is 11.3 Å². The first-order chi connectivity index (χ1) is 9.78. The molecule has 0 bridgehead atoms. The molecule has 2 aromatic heterocycles. The summed E-state index contributed by atoms with van der Waals surface area (Å²) in [5.74, 6) is 0. The van der Waals surface area contributed by atoms with Gasteiger partial charge in [-0.15, -0.1) is 0 Å². The molecule has 0 unspecified atom stereocenters. The van der Waals surface area contributed by atoms with Crippen LogP contribution in [0.25, 0.3) is 10.6 Å². The summed E-state index contributed by atoms with van der Waals surface area (Å²) < 4.78 is 5.37. The van der Waals surface area contributed by atoms with Crippen LogP contribution < -0.4 is 4.90 Å². The zero-order valence-corrected chi connectivity index (χ0v) is 13.6. The third-order valence-corrected chi connectivity index (χ3v) is 3.83. The second-order valence-electron chi connectivity index (χ2n) is 5.58. The average Bonchev–Trinajstić information content (AvgIpc) is 2.79. The van der Waals surface area contributed by atoms with Gasteiger partial charge >= 0.3 is 6.09 Å². The maximum atomic E-state index is 12.1. The van der Waals surface area contributed by atoms with Gasteiger partial charge in [0.15, 0.2) is 0 Å². The molecule has 6 nitrogen and oxygen atoms in total. The highest BCUT2D eigenvalue weighted by Gasteiger charge is 2.23. The molecule has 0 radical (unpaired) electrons. The first-order valence-corrected chi connectivity index (χ1v) is 7.29. The Morgan fingerprint density at radius 1 is 1.29 bits per heavy atom. The molecule has 0 fully saturated rings. The predicted molar refractivity (Wildman–Crippen MR) is 82.5 cm³/mol. The largest absolute Gasteiger partial charge is 0.443 e. The van der Waals surface area contributed by atoms with Crippen LogP contribution in [0.4, 0.5) is 9.80 Å². The van der Waals surface area contributed by atoms with E-state index >= 15 is 0 Å². The van der Waals surface area contributed by atoms with E-state index in [4.69, 9.17) is 4.74 Å². The van der Waals surface area contributed by atoms with Crippen molar-refractivity contribution in [2.45, 2.75) is 33.3 Å². The summed E-state index contributed by atoms with van der Waals surface area (Å²) in [5.41, 5.74) is 1.07. The fourth-order valence-electron chi connectivity index (χ4n) is 1.65. The van der Waals surface area contributed by atoms with Gasteiger partial charge in [-0.25, -0.2) is 19.7 Å². The lowest BCUT2D eigenvalue weighted by Gasteiger charge is -2.23. The Morgan fingerprint density at radius 3 is 2.48 bits per heavy atom. The number of hydrogen-bond donors (Lipinski definition) is 0. The molecule has 0 aromatic carbocycles. The molecule has 0 atom stereocenters. The number of hydrogen-bond acceptors (Lipinski definition) is 6. The standard InChI is InChI=1S/C14H18N4O2S/c1-9-12(18(5)13(19)20-14(2,3)4)21-11(17-9)10-6-15-8-16-7-10/h6-8H,1-5H3. The van der Waals surface area contributed by atoms with Crippen LogP contribution >= 0.6 is 11.3 Å². The minimum Gasteiger partial charge on any atom is -0.443 e. The van der Waals surface area contributed by atoms with E-state index in [0.29, 0.717) is 0 Å². The third-order valence-electron chi connectivity index (χ3n) is 2.55. The van der Waals surface area contributed by atoms with Gasteiger partial charge in [0.2, 0.25) is 0 Å². The van der Waals surface area contributed by atoms with Gasteiger partial charge in [0, 0.05) is 25.0 Å². The molecule has 0 saturated heterocycles. The molecule has 7 heteroatoms. The highest BCUT2D eigenvalue weighted by molar-refractivity contribution is 7.19. The van der Waals surface area contributed by atoms with Crippen molar-refractivity contribution in [1.82, 2.24) is 15.0 Å². The van der Waals surface area contributed by atoms with Crippen LogP contribution in [0.3, 0.4) is 0 Å². The first kappa shape index (κ1) is 15.4. The van der Waals surface area contributed by atoms with E-state index in [0.717, 1.165) is 21.3 Å². The molecule has 0 aliphatic rings. The van der Waals surface area contributed by atoms with Crippen molar-refractivity contribution in [1.29, 1.82) is 0 Å². The average molecular weight is 306 g/mol. The normalized spacial score (nSPS) is 11.3. The molecule has 2 rings (SSSR count). The molecule has 0 aliphatic heterocycles. The van der Waals surface area contributed by atoms with Crippen LogP contribution in [-0.2, 0) is 4.74 Å². The van der Waals surface area contributed by atoms with Crippen LogP contribution in [0, 0.1) is 6.92 Å².